The van der Waals surface area contributed by atoms with Crippen molar-refractivity contribution in [1.82, 2.24) is 5.16 Å². The van der Waals surface area contributed by atoms with E-state index in [-0.39, 0.29) is 17.4 Å². The molecule has 0 spiro atoms. The minimum Gasteiger partial charge on any atom is -0.455 e. The van der Waals surface area contributed by atoms with Crippen molar-refractivity contribution in [2.24, 2.45) is 5.92 Å². The average molecular weight is 388 g/mol. The fraction of sp³-hybridized carbons (Fsp3) is 0.389. The van der Waals surface area contributed by atoms with Gasteiger partial charge in [0.05, 0.1) is 10.8 Å². The molecule has 1 saturated heterocycles. The highest BCUT2D eigenvalue weighted by Gasteiger charge is 2.29. The number of hydrogen-bond donors (Lipinski definition) is 1. The van der Waals surface area contributed by atoms with Crippen LogP contribution in [0.5, 0.6) is 0 Å². The Bertz CT molecular complexity index is 872. The number of nitrogens with one attached hydrogen (secondary N) is 1. The van der Waals surface area contributed by atoms with Crippen molar-refractivity contribution in [3.63, 3.8) is 0 Å². The minimum atomic E-state index is -0.501. The molecular formula is C18H20N4O6. The Kier molecular flexibility index (Phi) is 5.87. The van der Waals surface area contributed by atoms with E-state index in [0.29, 0.717) is 37.4 Å². The van der Waals surface area contributed by atoms with Gasteiger partial charge in [0.25, 0.3) is 11.6 Å². The first kappa shape index (κ1) is 19.3. The van der Waals surface area contributed by atoms with E-state index in [9.17, 15) is 19.7 Å². The molecule has 0 saturated carbocycles. The molecule has 1 aromatic heterocycles. The van der Waals surface area contributed by atoms with E-state index >= 15 is 0 Å². The molecule has 10 nitrogen and oxygen atoms in total. The molecule has 28 heavy (non-hydrogen) atoms. The standard InChI is InChI=1S/C18H20N4O6/c1-12-10-16(20-28-12)19-17(23)11-27-18(24)13-6-8-21(9-7-13)14-4-2-3-5-15(14)22(25)26/h2-5,10,13H,6-9,11H2,1H3,(H,19,20,23). The van der Waals surface area contributed by atoms with Gasteiger partial charge in [0, 0.05) is 25.2 Å². The van der Waals surface area contributed by atoms with Gasteiger partial charge in [-0.1, -0.05) is 17.3 Å². The number of nitro groups is 1. The number of rotatable bonds is 6. The summed E-state index contributed by atoms with van der Waals surface area (Å²) in [6.45, 7) is 2.28. The number of nitrogens with zero attached hydrogens (tertiary/aromatic N) is 3. The molecule has 10 heteroatoms. The highest BCUT2D eigenvalue weighted by molar-refractivity contribution is 5.92. The molecule has 1 aliphatic rings. The van der Waals surface area contributed by atoms with Crippen molar-refractivity contribution in [1.29, 1.82) is 0 Å². The number of aromatic nitrogens is 1. The summed E-state index contributed by atoms with van der Waals surface area (Å²) in [7, 11) is 0. The predicted molar refractivity (Wildman–Crippen MR) is 98.9 cm³/mol. The molecule has 1 amide bonds. The summed E-state index contributed by atoms with van der Waals surface area (Å²) < 4.78 is 9.93. The molecule has 0 unspecified atom stereocenters. The van der Waals surface area contributed by atoms with Crippen LogP contribution in [-0.4, -0.2) is 41.7 Å². The Balaban J connectivity index is 1.47. The van der Waals surface area contributed by atoms with Gasteiger partial charge in [0.2, 0.25) is 0 Å². The van der Waals surface area contributed by atoms with E-state index in [2.05, 4.69) is 10.5 Å². The lowest BCUT2D eigenvalue weighted by Crippen LogP contribution is -2.37. The Morgan fingerprint density at radius 2 is 2.07 bits per heavy atom. The Hall–Kier alpha value is -3.43. The Morgan fingerprint density at radius 1 is 1.36 bits per heavy atom. The number of hydrogen-bond acceptors (Lipinski definition) is 8. The van der Waals surface area contributed by atoms with Gasteiger partial charge < -0.3 is 19.5 Å². The second kappa shape index (κ2) is 8.51. The molecule has 1 fully saturated rings. The van der Waals surface area contributed by atoms with Gasteiger partial charge in [0.1, 0.15) is 11.4 Å². The molecule has 2 heterocycles. The smallest absolute Gasteiger partial charge is 0.309 e. The third kappa shape index (κ3) is 4.64. The summed E-state index contributed by atoms with van der Waals surface area (Å²) in [5.74, 6) is -0.483. The third-order valence-corrected chi connectivity index (χ3v) is 4.49. The highest BCUT2D eigenvalue weighted by atomic mass is 16.6. The fourth-order valence-electron chi connectivity index (χ4n) is 3.10. The van der Waals surface area contributed by atoms with E-state index in [1.807, 2.05) is 4.90 Å². The maximum atomic E-state index is 12.2. The van der Waals surface area contributed by atoms with Crippen molar-refractivity contribution < 1.29 is 23.8 Å². The number of carbonyl (C=O) groups excluding carboxylic acids is 2. The van der Waals surface area contributed by atoms with Crippen LogP contribution < -0.4 is 10.2 Å². The maximum Gasteiger partial charge on any atom is 0.309 e. The van der Waals surface area contributed by atoms with Crippen LogP contribution in [-0.2, 0) is 14.3 Å². The summed E-state index contributed by atoms with van der Waals surface area (Å²) in [5, 5.41) is 17.3. The lowest BCUT2D eigenvalue weighted by molar-refractivity contribution is -0.384. The molecule has 1 aromatic carbocycles. The number of nitro benzene ring substituents is 1. The number of para-hydroxylation sites is 2. The zero-order valence-electron chi connectivity index (χ0n) is 15.3. The molecule has 0 atom stereocenters. The lowest BCUT2D eigenvalue weighted by atomic mass is 9.96. The highest BCUT2D eigenvalue weighted by Crippen LogP contribution is 2.31. The summed E-state index contributed by atoms with van der Waals surface area (Å²) in [5.41, 5.74) is 0.588. The summed E-state index contributed by atoms with van der Waals surface area (Å²) in [6, 6.07) is 8.09. The van der Waals surface area contributed by atoms with Gasteiger partial charge in [-0.25, -0.2) is 0 Å². The van der Waals surface area contributed by atoms with Crippen molar-refractivity contribution in [3.05, 3.63) is 46.2 Å². The van der Waals surface area contributed by atoms with Crippen LogP contribution >= 0.6 is 0 Å². The number of carbonyl (C=O) groups is 2. The SMILES string of the molecule is Cc1cc(NC(=O)COC(=O)C2CCN(c3ccccc3[N+](=O)[O-])CC2)no1. The van der Waals surface area contributed by atoms with Crippen molar-refractivity contribution >= 4 is 29.1 Å². The Labute approximate surface area is 160 Å². The van der Waals surface area contributed by atoms with Gasteiger partial charge in [-0.3, -0.25) is 19.7 Å². The number of anilines is 2. The predicted octanol–water partition coefficient (Wildman–Crippen LogP) is 2.29. The van der Waals surface area contributed by atoms with Gasteiger partial charge in [-0.05, 0) is 25.8 Å². The molecule has 3 rings (SSSR count). The fourth-order valence-corrected chi connectivity index (χ4v) is 3.10. The number of piperidine rings is 1. The monoisotopic (exact) mass is 388 g/mol. The topological polar surface area (TPSA) is 128 Å². The summed E-state index contributed by atoms with van der Waals surface area (Å²) in [6.07, 6.45) is 0.990. The number of esters is 1. The molecule has 1 aliphatic heterocycles. The van der Waals surface area contributed by atoms with E-state index in [0.717, 1.165) is 0 Å². The van der Waals surface area contributed by atoms with Gasteiger partial charge in [0.15, 0.2) is 12.4 Å². The van der Waals surface area contributed by atoms with Crippen molar-refractivity contribution in [2.45, 2.75) is 19.8 Å². The van der Waals surface area contributed by atoms with E-state index in [1.54, 1.807) is 31.2 Å². The lowest BCUT2D eigenvalue weighted by Gasteiger charge is -2.32. The van der Waals surface area contributed by atoms with Crippen LogP contribution in [0.4, 0.5) is 17.2 Å². The van der Waals surface area contributed by atoms with Crippen LogP contribution in [0.25, 0.3) is 0 Å². The Morgan fingerprint density at radius 3 is 2.71 bits per heavy atom. The quantitative estimate of drug-likeness (QED) is 0.453. The van der Waals surface area contributed by atoms with Gasteiger partial charge in [-0.2, -0.15) is 0 Å². The summed E-state index contributed by atoms with van der Waals surface area (Å²) in [4.78, 5) is 36.7. The number of ether oxygens (including phenoxy) is 1. The van der Waals surface area contributed by atoms with Crippen molar-refractivity contribution in [2.75, 3.05) is 29.9 Å². The molecule has 1 N–H and O–H groups in total. The number of amides is 1. The van der Waals surface area contributed by atoms with Gasteiger partial charge >= 0.3 is 5.97 Å². The second-order valence-corrected chi connectivity index (χ2v) is 6.49. The number of aryl methyl sites for hydroxylation is 1. The number of benzene rings is 1. The largest absolute Gasteiger partial charge is 0.455 e. The molecule has 0 radical (unpaired) electrons. The van der Waals surface area contributed by atoms with Crippen LogP contribution in [0, 0.1) is 23.0 Å². The zero-order valence-corrected chi connectivity index (χ0v) is 15.3. The van der Waals surface area contributed by atoms with Crippen LogP contribution in [0.1, 0.15) is 18.6 Å². The van der Waals surface area contributed by atoms with Gasteiger partial charge in [-0.15, -0.1) is 0 Å². The zero-order chi connectivity index (χ0) is 20.1. The first-order chi connectivity index (χ1) is 13.4. The summed E-state index contributed by atoms with van der Waals surface area (Å²) >= 11 is 0. The van der Waals surface area contributed by atoms with Crippen LogP contribution in [0.2, 0.25) is 0 Å². The molecular weight excluding hydrogens is 368 g/mol. The maximum absolute atomic E-state index is 12.2. The second-order valence-electron chi connectivity index (χ2n) is 6.49. The first-order valence-corrected chi connectivity index (χ1v) is 8.82. The van der Waals surface area contributed by atoms with Crippen molar-refractivity contribution in [3.8, 4) is 0 Å². The van der Waals surface area contributed by atoms with E-state index < -0.39 is 23.4 Å². The molecule has 0 aliphatic carbocycles. The molecule has 148 valence electrons. The molecule has 2 aromatic rings. The van der Waals surface area contributed by atoms with E-state index in [4.69, 9.17) is 9.26 Å². The minimum absolute atomic E-state index is 0.0447. The van der Waals surface area contributed by atoms with E-state index in [1.165, 1.54) is 6.07 Å². The average Bonchev–Trinajstić information content (AvgIpc) is 3.10. The first-order valence-electron chi connectivity index (χ1n) is 8.82. The van der Waals surface area contributed by atoms with Crippen LogP contribution in [0.15, 0.2) is 34.9 Å². The third-order valence-electron chi connectivity index (χ3n) is 4.49. The normalized spacial score (nSPS) is 14.5. The molecule has 0 bridgehead atoms. The van der Waals surface area contributed by atoms with Crippen LogP contribution in [0.3, 0.4) is 0 Å².